The smallest absolute Gasteiger partial charge is 0.223 e. The molecule has 0 heterocycles. The minimum absolute atomic E-state index is 0. The lowest BCUT2D eigenvalue weighted by Gasteiger charge is -2.17. The lowest BCUT2D eigenvalue weighted by Crippen LogP contribution is -2.45. The van der Waals surface area contributed by atoms with E-state index in [1.807, 2.05) is 11.8 Å². The van der Waals surface area contributed by atoms with Crippen molar-refractivity contribution in [1.29, 1.82) is 0 Å². The molecule has 1 amide bonds. The summed E-state index contributed by atoms with van der Waals surface area (Å²) in [6.07, 6.45) is 8.00. The molecule has 0 bridgehead atoms. The molecule has 0 aliphatic heterocycles. The molecule has 2 saturated carbocycles. The zero-order chi connectivity index (χ0) is 14.4. The van der Waals surface area contributed by atoms with Gasteiger partial charge < -0.3 is 16.0 Å². The highest BCUT2D eigenvalue weighted by molar-refractivity contribution is 14.0. The van der Waals surface area contributed by atoms with Crippen molar-refractivity contribution in [3.05, 3.63) is 0 Å². The zero-order valence-electron chi connectivity index (χ0n) is 12.9. The summed E-state index contributed by atoms with van der Waals surface area (Å²) in [5.74, 6) is 1.33. The Morgan fingerprint density at radius 1 is 1.19 bits per heavy atom. The molecule has 5 nitrogen and oxygen atoms in total. The number of hydrogen-bond acceptors (Lipinski definition) is 3. The van der Waals surface area contributed by atoms with Gasteiger partial charge in [-0.25, -0.2) is 0 Å². The van der Waals surface area contributed by atoms with E-state index in [4.69, 9.17) is 0 Å². The van der Waals surface area contributed by atoms with Gasteiger partial charge in [-0.05, 0) is 38.4 Å². The lowest BCUT2D eigenvalue weighted by molar-refractivity contribution is -0.122. The first-order chi connectivity index (χ1) is 9.72. The van der Waals surface area contributed by atoms with Crippen LogP contribution >= 0.6 is 35.7 Å². The zero-order valence-corrected chi connectivity index (χ0v) is 16.0. The Labute approximate surface area is 148 Å². The van der Waals surface area contributed by atoms with Crippen molar-refractivity contribution in [3.8, 4) is 0 Å². The molecule has 0 radical (unpaired) electrons. The van der Waals surface area contributed by atoms with Gasteiger partial charge in [0, 0.05) is 37.3 Å². The average Bonchev–Trinajstić information content (AvgIpc) is 3.22. The fourth-order valence-electron chi connectivity index (χ4n) is 2.53. The Balaban J connectivity index is 0.00000220. The number of thioether (sulfide) groups is 1. The van der Waals surface area contributed by atoms with E-state index in [1.54, 1.807) is 7.05 Å². The number of aliphatic imine (C=N–C) groups is 1. The number of nitrogens with one attached hydrogen (secondary N) is 3. The summed E-state index contributed by atoms with van der Waals surface area (Å²) in [5.41, 5.74) is 0. The van der Waals surface area contributed by atoms with E-state index in [0.717, 1.165) is 30.6 Å². The van der Waals surface area contributed by atoms with E-state index >= 15 is 0 Å². The fraction of sp³-hybridized carbons (Fsp3) is 0.857. The Morgan fingerprint density at radius 3 is 2.48 bits per heavy atom. The lowest BCUT2D eigenvalue weighted by atomic mass is 10.2. The molecule has 2 rings (SSSR count). The topological polar surface area (TPSA) is 65.5 Å². The van der Waals surface area contributed by atoms with Gasteiger partial charge in [0.1, 0.15) is 0 Å². The number of carbonyl (C=O) groups is 1. The highest BCUT2D eigenvalue weighted by atomic mass is 127. The fourth-order valence-corrected chi connectivity index (χ4v) is 3.33. The van der Waals surface area contributed by atoms with E-state index in [9.17, 15) is 4.79 Å². The van der Waals surface area contributed by atoms with Crippen molar-refractivity contribution < 1.29 is 4.79 Å². The maximum absolute atomic E-state index is 11.5. The predicted molar refractivity (Wildman–Crippen MR) is 101 cm³/mol. The molecule has 0 spiro atoms. The van der Waals surface area contributed by atoms with Gasteiger partial charge in [-0.15, -0.1) is 24.0 Å². The molecule has 0 aromatic carbocycles. The molecule has 2 aliphatic carbocycles. The standard InChI is InChI=1S/C14H26N4OS.HI/c1-15-14(18-11-5-6-12(9-11)20-2)17-8-7-16-13(19)10-3-4-10;/h10-12H,3-9H2,1-2H3,(H,16,19)(H2,15,17,18);1H. The first-order valence-electron chi connectivity index (χ1n) is 7.50. The minimum atomic E-state index is 0. The number of nitrogens with zero attached hydrogens (tertiary/aromatic N) is 1. The van der Waals surface area contributed by atoms with Gasteiger partial charge in [0.15, 0.2) is 5.96 Å². The van der Waals surface area contributed by atoms with Crippen LogP contribution in [0.15, 0.2) is 4.99 Å². The van der Waals surface area contributed by atoms with Gasteiger partial charge >= 0.3 is 0 Å². The first kappa shape index (κ1) is 18.9. The molecule has 2 aliphatic rings. The van der Waals surface area contributed by atoms with E-state index < -0.39 is 0 Å². The second-order valence-corrected chi connectivity index (χ2v) is 6.71. The summed E-state index contributed by atoms with van der Waals surface area (Å²) in [6.45, 7) is 1.38. The molecule has 21 heavy (non-hydrogen) atoms. The van der Waals surface area contributed by atoms with Crippen LogP contribution in [0.25, 0.3) is 0 Å². The number of amides is 1. The minimum Gasteiger partial charge on any atom is -0.355 e. The molecule has 3 N–H and O–H groups in total. The van der Waals surface area contributed by atoms with Gasteiger partial charge in [0.2, 0.25) is 5.91 Å². The highest BCUT2D eigenvalue weighted by Crippen LogP contribution is 2.28. The Morgan fingerprint density at radius 2 is 1.90 bits per heavy atom. The van der Waals surface area contributed by atoms with Crippen LogP contribution in [0.2, 0.25) is 0 Å². The van der Waals surface area contributed by atoms with Crippen LogP contribution in [0.1, 0.15) is 32.1 Å². The maximum atomic E-state index is 11.5. The molecule has 122 valence electrons. The van der Waals surface area contributed by atoms with Crippen LogP contribution in [-0.2, 0) is 4.79 Å². The summed E-state index contributed by atoms with van der Waals surface area (Å²) < 4.78 is 0. The number of rotatable bonds is 6. The Hall–Kier alpha value is -0.180. The van der Waals surface area contributed by atoms with Crippen molar-refractivity contribution in [3.63, 3.8) is 0 Å². The summed E-state index contributed by atoms with van der Waals surface area (Å²) in [5, 5.41) is 10.5. The molecule has 0 saturated heterocycles. The second-order valence-electron chi connectivity index (χ2n) is 5.58. The van der Waals surface area contributed by atoms with Gasteiger partial charge in [0.25, 0.3) is 0 Å². The van der Waals surface area contributed by atoms with Gasteiger partial charge in [-0.1, -0.05) is 0 Å². The van der Waals surface area contributed by atoms with E-state index in [0.29, 0.717) is 12.6 Å². The molecule has 2 atom stereocenters. The number of carbonyl (C=O) groups excluding carboxylic acids is 1. The molecule has 0 aromatic rings. The predicted octanol–water partition coefficient (Wildman–Crippen LogP) is 1.58. The quantitative estimate of drug-likeness (QED) is 0.261. The number of hydrogen-bond donors (Lipinski definition) is 3. The van der Waals surface area contributed by atoms with E-state index in [-0.39, 0.29) is 35.8 Å². The van der Waals surface area contributed by atoms with Crippen molar-refractivity contribution in [2.24, 2.45) is 10.9 Å². The third-order valence-electron chi connectivity index (χ3n) is 3.95. The van der Waals surface area contributed by atoms with Crippen LogP contribution in [0.4, 0.5) is 0 Å². The van der Waals surface area contributed by atoms with Gasteiger partial charge in [-0.3, -0.25) is 9.79 Å². The largest absolute Gasteiger partial charge is 0.355 e. The number of guanidine groups is 1. The van der Waals surface area contributed by atoms with Gasteiger partial charge in [-0.2, -0.15) is 11.8 Å². The van der Waals surface area contributed by atoms with Crippen LogP contribution < -0.4 is 16.0 Å². The van der Waals surface area contributed by atoms with Gasteiger partial charge in [0.05, 0.1) is 0 Å². The van der Waals surface area contributed by atoms with Crippen molar-refractivity contribution >= 4 is 47.6 Å². The number of halogens is 1. The summed E-state index contributed by atoms with van der Waals surface area (Å²) >= 11 is 1.96. The summed E-state index contributed by atoms with van der Waals surface area (Å²) in [7, 11) is 1.79. The highest BCUT2D eigenvalue weighted by Gasteiger charge is 2.29. The molecular weight excluding hydrogens is 399 g/mol. The van der Waals surface area contributed by atoms with Crippen molar-refractivity contribution in [1.82, 2.24) is 16.0 Å². The monoisotopic (exact) mass is 426 g/mol. The third-order valence-corrected chi connectivity index (χ3v) is 5.04. The molecule has 0 aromatic heterocycles. The molecule has 2 fully saturated rings. The average molecular weight is 426 g/mol. The van der Waals surface area contributed by atoms with Crippen LogP contribution in [0.5, 0.6) is 0 Å². The normalized spacial score (nSPS) is 25.1. The second kappa shape index (κ2) is 9.76. The summed E-state index contributed by atoms with van der Waals surface area (Å²) in [6, 6.07) is 0.528. The van der Waals surface area contributed by atoms with E-state index in [1.165, 1.54) is 19.3 Å². The van der Waals surface area contributed by atoms with Crippen LogP contribution in [-0.4, -0.2) is 49.6 Å². The van der Waals surface area contributed by atoms with Crippen molar-refractivity contribution in [2.75, 3.05) is 26.4 Å². The third kappa shape index (κ3) is 6.63. The Bertz CT molecular complexity index is 363. The SMILES string of the molecule is CN=C(NCCNC(=O)C1CC1)NC1CCC(SC)C1.I. The summed E-state index contributed by atoms with van der Waals surface area (Å²) in [4.78, 5) is 15.7. The van der Waals surface area contributed by atoms with Crippen molar-refractivity contribution in [2.45, 2.75) is 43.4 Å². The maximum Gasteiger partial charge on any atom is 0.223 e. The molecular formula is C14H27IN4OS. The Kier molecular flexibility index (Phi) is 8.77. The molecule has 7 heteroatoms. The first-order valence-corrected chi connectivity index (χ1v) is 8.79. The van der Waals surface area contributed by atoms with Crippen LogP contribution in [0.3, 0.4) is 0 Å². The van der Waals surface area contributed by atoms with Crippen LogP contribution in [0, 0.1) is 5.92 Å². The van der Waals surface area contributed by atoms with E-state index in [2.05, 4.69) is 27.2 Å². The molecule has 2 unspecified atom stereocenters.